The summed E-state index contributed by atoms with van der Waals surface area (Å²) in [6.45, 7) is 2.66. The monoisotopic (exact) mass is 353 g/mol. The van der Waals surface area contributed by atoms with E-state index in [-0.39, 0.29) is 16.0 Å². The average molecular weight is 354 g/mol. The lowest BCUT2D eigenvalue weighted by Gasteiger charge is -2.20. The second-order valence-corrected chi connectivity index (χ2v) is 7.62. The van der Waals surface area contributed by atoms with Gasteiger partial charge in [-0.3, -0.25) is 0 Å². The molecule has 0 saturated carbocycles. The molecule has 0 aliphatic carbocycles. The van der Waals surface area contributed by atoms with E-state index in [0.29, 0.717) is 23.7 Å². The van der Waals surface area contributed by atoms with Crippen molar-refractivity contribution in [2.45, 2.75) is 24.4 Å². The van der Waals surface area contributed by atoms with E-state index in [2.05, 4.69) is 10.0 Å². The molecule has 2 N–H and O–H groups in total. The van der Waals surface area contributed by atoms with E-state index in [1.54, 1.807) is 13.1 Å². The van der Waals surface area contributed by atoms with Crippen LogP contribution in [0.4, 0.5) is 0 Å². The highest BCUT2D eigenvalue weighted by Crippen LogP contribution is 2.29. The molecule has 0 amide bonds. The first-order valence-electron chi connectivity index (χ1n) is 6.47. The Balaban J connectivity index is 3.08. The molecule has 8 heteroatoms. The van der Waals surface area contributed by atoms with Gasteiger partial charge >= 0.3 is 0 Å². The van der Waals surface area contributed by atoms with Crippen LogP contribution in [0, 0.1) is 0 Å². The SMILES string of the molecule is CNCc1cc(Cl)cc(S(=O)(=O)NCC(C)N(C)C)c1Cl. The zero-order valence-electron chi connectivity index (χ0n) is 12.6. The molecule has 0 fully saturated rings. The Morgan fingerprint density at radius 2 is 1.90 bits per heavy atom. The van der Waals surface area contributed by atoms with Crippen LogP contribution in [0.15, 0.2) is 17.0 Å². The summed E-state index contributed by atoms with van der Waals surface area (Å²) in [6.07, 6.45) is 0. The van der Waals surface area contributed by atoms with E-state index in [9.17, 15) is 8.42 Å². The van der Waals surface area contributed by atoms with Crippen LogP contribution in [-0.2, 0) is 16.6 Å². The maximum Gasteiger partial charge on any atom is 0.242 e. The molecule has 0 spiro atoms. The standard InChI is InChI=1S/C13H21Cl2N3O2S/c1-9(18(3)4)7-17-21(19,20)12-6-11(14)5-10(8-16-2)13(12)15/h5-6,9,16-17H,7-8H2,1-4H3. The zero-order valence-corrected chi connectivity index (χ0v) is 14.9. The molecule has 0 bridgehead atoms. The average Bonchev–Trinajstić information content (AvgIpc) is 2.39. The second-order valence-electron chi connectivity index (χ2n) is 5.07. The topological polar surface area (TPSA) is 61.4 Å². The summed E-state index contributed by atoms with van der Waals surface area (Å²) in [5.74, 6) is 0. The highest BCUT2D eigenvalue weighted by Gasteiger charge is 2.21. The summed E-state index contributed by atoms with van der Waals surface area (Å²) in [4.78, 5) is 1.93. The highest BCUT2D eigenvalue weighted by atomic mass is 35.5. The van der Waals surface area contributed by atoms with Gasteiger partial charge in [-0.2, -0.15) is 0 Å². The van der Waals surface area contributed by atoms with Crippen LogP contribution in [0.2, 0.25) is 10.0 Å². The third kappa shape index (κ3) is 5.09. The van der Waals surface area contributed by atoms with Gasteiger partial charge in [0.25, 0.3) is 0 Å². The van der Waals surface area contributed by atoms with Gasteiger partial charge in [0.1, 0.15) is 4.90 Å². The number of sulfonamides is 1. The fraction of sp³-hybridized carbons (Fsp3) is 0.538. The van der Waals surface area contributed by atoms with E-state index in [1.807, 2.05) is 25.9 Å². The van der Waals surface area contributed by atoms with Crippen molar-refractivity contribution in [3.05, 3.63) is 27.7 Å². The molecule has 21 heavy (non-hydrogen) atoms. The zero-order chi connectivity index (χ0) is 16.2. The van der Waals surface area contributed by atoms with Gasteiger partial charge in [-0.25, -0.2) is 13.1 Å². The predicted octanol–water partition coefficient (Wildman–Crippen LogP) is 1.94. The van der Waals surface area contributed by atoms with E-state index in [0.717, 1.165) is 0 Å². The van der Waals surface area contributed by atoms with Gasteiger partial charge in [0.05, 0.1) is 5.02 Å². The molecular weight excluding hydrogens is 333 g/mol. The smallest absolute Gasteiger partial charge is 0.242 e. The quantitative estimate of drug-likeness (QED) is 0.786. The van der Waals surface area contributed by atoms with Crippen LogP contribution < -0.4 is 10.0 Å². The Labute approximate surface area is 136 Å². The van der Waals surface area contributed by atoms with Crippen LogP contribution in [0.5, 0.6) is 0 Å². The summed E-state index contributed by atoms with van der Waals surface area (Å²) in [7, 11) is 1.82. The minimum absolute atomic E-state index is 0.00729. The van der Waals surface area contributed by atoms with Crippen molar-refractivity contribution in [1.29, 1.82) is 0 Å². The van der Waals surface area contributed by atoms with E-state index in [4.69, 9.17) is 23.2 Å². The van der Waals surface area contributed by atoms with Gasteiger partial charge in [-0.05, 0) is 45.8 Å². The van der Waals surface area contributed by atoms with Crippen molar-refractivity contribution in [3.8, 4) is 0 Å². The van der Waals surface area contributed by atoms with Crippen LogP contribution in [-0.4, -0.2) is 47.0 Å². The third-order valence-electron chi connectivity index (χ3n) is 3.19. The molecule has 0 heterocycles. The van der Waals surface area contributed by atoms with Gasteiger partial charge in [-0.15, -0.1) is 0 Å². The van der Waals surface area contributed by atoms with Crippen LogP contribution in [0.3, 0.4) is 0 Å². The molecule has 120 valence electrons. The Kier molecular flexibility index (Phi) is 6.90. The normalized spacial score (nSPS) is 13.7. The maximum absolute atomic E-state index is 12.4. The molecule has 0 aliphatic heterocycles. The van der Waals surface area contributed by atoms with Gasteiger partial charge in [0, 0.05) is 24.2 Å². The number of benzene rings is 1. The number of nitrogens with one attached hydrogen (secondary N) is 2. The number of hydrogen-bond donors (Lipinski definition) is 2. The minimum atomic E-state index is -3.70. The summed E-state index contributed by atoms with van der Waals surface area (Å²) in [5, 5.41) is 3.46. The molecule has 0 aromatic heterocycles. The summed E-state index contributed by atoms with van der Waals surface area (Å²) >= 11 is 12.2. The molecular formula is C13H21Cl2N3O2S. The van der Waals surface area contributed by atoms with Gasteiger partial charge in [-0.1, -0.05) is 23.2 Å². The largest absolute Gasteiger partial charge is 0.316 e. The van der Waals surface area contributed by atoms with Crippen molar-refractivity contribution in [3.63, 3.8) is 0 Å². The number of hydrogen-bond acceptors (Lipinski definition) is 4. The van der Waals surface area contributed by atoms with Gasteiger partial charge in [0.15, 0.2) is 0 Å². The van der Waals surface area contributed by atoms with E-state index < -0.39 is 10.0 Å². The Hall–Kier alpha value is -0.370. The predicted molar refractivity (Wildman–Crippen MR) is 87.6 cm³/mol. The molecule has 1 aromatic rings. The fourth-order valence-corrected chi connectivity index (χ4v) is 3.67. The van der Waals surface area contributed by atoms with Crippen molar-refractivity contribution >= 4 is 33.2 Å². The molecule has 1 rings (SSSR count). The first-order chi connectivity index (χ1) is 9.69. The third-order valence-corrected chi connectivity index (χ3v) is 5.41. The molecule has 0 aliphatic rings. The molecule has 1 unspecified atom stereocenters. The van der Waals surface area contributed by atoms with Gasteiger partial charge in [0.2, 0.25) is 10.0 Å². The maximum atomic E-state index is 12.4. The van der Waals surface area contributed by atoms with Crippen LogP contribution in [0.1, 0.15) is 12.5 Å². The molecule has 1 atom stereocenters. The summed E-state index contributed by atoms with van der Waals surface area (Å²) in [5.41, 5.74) is 0.646. The van der Waals surface area contributed by atoms with Crippen LogP contribution >= 0.6 is 23.2 Å². The number of likely N-dealkylation sites (N-methyl/N-ethyl adjacent to an activating group) is 1. The Morgan fingerprint density at radius 1 is 1.29 bits per heavy atom. The molecule has 0 radical (unpaired) electrons. The van der Waals surface area contributed by atoms with Crippen LogP contribution in [0.25, 0.3) is 0 Å². The van der Waals surface area contributed by atoms with Crippen molar-refractivity contribution in [1.82, 2.24) is 14.9 Å². The Morgan fingerprint density at radius 3 is 2.43 bits per heavy atom. The molecule has 0 saturated heterocycles. The summed E-state index contributed by atoms with van der Waals surface area (Å²) < 4.78 is 27.4. The number of halogens is 2. The lowest BCUT2D eigenvalue weighted by molar-refractivity contribution is 0.314. The fourth-order valence-electron chi connectivity index (χ4n) is 1.62. The molecule has 1 aromatic carbocycles. The number of rotatable bonds is 7. The van der Waals surface area contributed by atoms with Crippen molar-refractivity contribution in [2.75, 3.05) is 27.7 Å². The first kappa shape index (κ1) is 18.7. The van der Waals surface area contributed by atoms with Gasteiger partial charge < -0.3 is 10.2 Å². The molecule has 5 nitrogen and oxygen atoms in total. The van der Waals surface area contributed by atoms with E-state index in [1.165, 1.54) is 6.07 Å². The summed E-state index contributed by atoms with van der Waals surface area (Å²) in [6, 6.07) is 3.09. The van der Waals surface area contributed by atoms with Crippen molar-refractivity contribution in [2.24, 2.45) is 0 Å². The Bertz CT molecular complexity index is 591. The first-order valence-corrected chi connectivity index (χ1v) is 8.71. The van der Waals surface area contributed by atoms with Crippen molar-refractivity contribution < 1.29 is 8.42 Å². The highest BCUT2D eigenvalue weighted by molar-refractivity contribution is 7.89. The minimum Gasteiger partial charge on any atom is -0.316 e. The van der Waals surface area contributed by atoms with E-state index >= 15 is 0 Å². The second kappa shape index (κ2) is 7.76. The lowest BCUT2D eigenvalue weighted by Crippen LogP contribution is -2.38. The lowest BCUT2D eigenvalue weighted by atomic mass is 10.2. The number of nitrogens with zero attached hydrogens (tertiary/aromatic N) is 1.